The minimum Gasteiger partial charge on any atom is -0.507 e. The minimum absolute atomic E-state index is 0.137. The number of phenols is 1. The number of oxazole rings is 1. The zero-order valence-corrected chi connectivity index (χ0v) is 16.0. The molecule has 1 heterocycles. The van der Waals surface area contributed by atoms with Crippen molar-refractivity contribution in [1.29, 1.82) is 0 Å². The first-order valence-electron chi connectivity index (χ1n) is 7.88. The van der Waals surface area contributed by atoms with E-state index in [1.165, 1.54) is 18.2 Å². The Morgan fingerprint density at radius 2 is 1.96 bits per heavy atom. The smallest absolute Gasteiger partial charge is 0.228 e. The van der Waals surface area contributed by atoms with Crippen LogP contribution in [0, 0.1) is 5.82 Å². The Morgan fingerprint density at radius 3 is 2.78 bits per heavy atom. The molecule has 4 rings (SSSR count). The van der Waals surface area contributed by atoms with Gasteiger partial charge in [-0.15, -0.1) is 0 Å². The van der Waals surface area contributed by atoms with E-state index in [1.807, 2.05) is 0 Å². The van der Waals surface area contributed by atoms with Gasteiger partial charge in [-0.25, -0.2) is 9.37 Å². The van der Waals surface area contributed by atoms with Gasteiger partial charge in [0.05, 0.1) is 16.3 Å². The first kappa shape index (κ1) is 17.7. The number of fused-ring (bicyclic) bond motifs is 1. The van der Waals surface area contributed by atoms with Gasteiger partial charge in [0.1, 0.15) is 17.1 Å². The van der Waals surface area contributed by atoms with Crippen LogP contribution in [0.4, 0.5) is 10.1 Å². The lowest BCUT2D eigenvalue weighted by Crippen LogP contribution is -1.82. The van der Waals surface area contributed by atoms with E-state index in [0.717, 1.165) is 4.47 Å². The summed E-state index contributed by atoms with van der Waals surface area (Å²) in [5.41, 5.74) is 2.90. The average Bonchev–Trinajstić information content (AvgIpc) is 3.05. The van der Waals surface area contributed by atoms with Crippen LogP contribution in [-0.4, -0.2) is 16.3 Å². The first-order valence-corrected chi connectivity index (χ1v) is 9.05. The molecule has 0 bridgehead atoms. The van der Waals surface area contributed by atoms with Crippen molar-refractivity contribution in [1.82, 2.24) is 4.98 Å². The van der Waals surface area contributed by atoms with Gasteiger partial charge in [-0.3, -0.25) is 4.99 Å². The summed E-state index contributed by atoms with van der Waals surface area (Å²) < 4.78 is 19.8. The molecular weight excluding hydrogens is 435 g/mol. The Morgan fingerprint density at radius 1 is 1.11 bits per heavy atom. The zero-order chi connectivity index (χ0) is 19.0. The van der Waals surface area contributed by atoms with Gasteiger partial charge in [0.2, 0.25) is 5.89 Å². The molecule has 7 heteroatoms. The van der Waals surface area contributed by atoms with E-state index < -0.39 is 5.82 Å². The van der Waals surface area contributed by atoms with E-state index in [2.05, 4.69) is 25.9 Å². The van der Waals surface area contributed by atoms with Crippen molar-refractivity contribution in [3.63, 3.8) is 0 Å². The molecule has 0 aliphatic heterocycles. The summed E-state index contributed by atoms with van der Waals surface area (Å²) in [5.74, 6) is 0.0192. The summed E-state index contributed by atoms with van der Waals surface area (Å²) in [4.78, 5) is 8.79. The number of aromatic nitrogens is 1. The van der Waals surface area contributed by atoms with Crippen LogP contribution in [0.1, 0.15) is 5.56 Å². The molecule has 4 nitrogen and oxygen atoms in total. The van der Waals surface area contributed by atoms with Crippen LogP contribution in [0.25, 0.3) is 22.6 Å². The fraction of sp³-hybridized carbons (Fsp3) is 0. The monoisotopic (exact) mass is 444 g/mol. The first-order chi connectivity index (χ1) is 13.0. The molecular formula is C20H11BrClFN2O2. The van der Waals surface area contributed by atoms with Gasteiger partial charge < -0.3 is 9.52 Å². The summed E-state index contributed by atoms with van der Waals surface area (Å²) in [7, 11) is 0. The number of hydrogen-bond acceptors (Lipinski definition) is 4. The average molecular weight is 446 g/mol. The van der Waals surface area contributed by atoms with E-state index in [0.29, 0.717) is 33.8 Å². The number of rotatable bonds is 3. The second kappa shape index (κ2) is 7.13. The Balaban J connectivity index is 1.68. The highest BCUT2D eigenvalue weighted by atomic mass is 79.9. The molecule has 1 aromatic heterocycles. The third-order valence-corrected chi connectivity index (χ3v) is 4.68. The molecule has 0 unspecified atom stereocenters. The maximum Gasteiger partial charge on any atom is 0.228 e. The van der Waals surface area contributed by atoms with Crippen LogP contribution in [0.2, 0.25) is 5.02 Å². The van der Waals surface area contributed by atoms with Gasteiger partial charge in [0.25, 0.3) is 0 Å². The molecule has 0 fully saturated rings. The summed E-state index contributed by atoms with van der Waals surface area (Å²) in [5, 5.41) is 10.1. The van der Waals surface area contributed by atoms with E-state index in [9.17, 15) is 9.50 Å². The highest BCUT2D eigenvalue weighted by molar-refractivity contribution is 9.10. The van der Waals surface area contributed by atoms with Crippen molar-refractivity contribution in [2.24, 2.45) is 4.99 Å². The highest BCUT2D eigenvalue weighted by Gasteiger charge is 2.12. The van der Waals surface area contributed by atoms with E-state index in [-0.39, 0.29) is 10.8 Å². The largest absolute Gasteiger partial charge is 0.507 e. The third kappa shape index (κ3) is 3.72. The SMILES string of the molecule is Oc1ccc(Br)cc1C=Nc1ccc2oc(-c3ccc(F)cc3Cl)nc2c1. The maximum absolute atomic E-state index is 13.2. The molecule has 4 aromatic rings. The number of benzene rings is 3. The number of nitrogens with zero attached hydrogens (tertiary/aromatic N) is 2. The van der Waals surface area contributed by atoms with Crippen LogP contribution in [-0.2, 0) is 0 Å². The number of hydrogen-bond donors (Lipinski definition) is 1. The molecule has 0 spiro atoms. The Labute approximate surface area is 167 Å². The standard InChI is InChI=1S/C20H11BrClFN2O2/c21-12-1-5-18(26)11(7-12)10-24-14-3-6-19-17(9-14)25-20(27-19)15-4-2-13(23)8-16(15)22/h1-10,26H. The van der Waals surface area contributed by atoms with Gasteiger partial charge in [0, 0.05) is 16.3 Å². The summed E-state index contributed by atoms with van der Waals surface area (Å²) in [6.07, 6.45) is 1.57. The second-order valence-electron chi connectivity index (χ2n) is 5.76. The molecule has 27 heavy (non-hydrogen) atoms. The zero-order valence-electron chi connectivity index (χ0n) is 13.7. The number of halogens is 3. The Bertz CT molecular complexity index is 1190. The molecule has 3 aromatic carbocycles. The van der Waals surface area contributed by atoms with E-state index in [4.69, 9.17) is 16.0 Å². The number of aromatic hydroxyl groups is 1. The molecule has 0 saturated carbocycles. The number of aliphatic imine (C=N–C) groups is 1. The molecule has 1 N–H and O–H groups in total. The molecule has 0 amide bonds. The van der Waals surface area contributed by atoms with Gasteiger partial charge in [-0.05, 0) is 54.6 Å². The van der Waals surface area contributed by atoms with Crippen LogP contribution in [0.5, 0.6) is 5.75 Å². The fourth-order valence-corrected chi connectivity index (χ4v) is 3.17. The minimum atomic E-state index is -0.424. The van der Waals surface area contributed by atoms with Crippen LogP contribution < -0.4 is 0 Å². The quantitative estimate of drug-likeness (QED) is 0.366. The maximum atomic E-state index is 13.2. The topological polar surface area (TPSA) is 58.6 Å². The van der Waals surface area contributed by atoms with Gasteiger partial charge >= 0.3 is 0 Å². The lowest BCUT2D eigenvalue weighted by atomic mass is 10.2. The van der Waals surface area contributed by atoms with Crippen LogP contribution in [0.3, 0.4) is 0 Å². The molecule has 0 atom stereocenters. The van der Waals surface area contributed by atoms with Crippen molar-refractivity contribution >= 4 is 50.5 Å². The van der Waals surface area contributed by atoms with Gasteiger partial charge in [0.15, 0.2) is 5.58 Å². The molecule has 0 saturated heterocycles. The molecule has 0 aliphatic rings. The predicted octanol–water partition coefficient (Wildman–Crippen LogP) is 6.51. The van der Waals surface area contributed by atoms with Crippen molar-refractivity contribution in [2.45, 2.75) is 0 Å². The molecule has 134 valence electrons. The third-order valence-electron chi connectivity index (χ3n) is 3.87. The molecule has 0 radical (unpaired) electrons. The summed E-state index contributed by atoms with van der Waals surface area (Å²) >= 11 is 9.44. The van der Waals surface area contributed by atoms with Crippen molar-refractivity contribution in [2.75, 3.05) is 0 Å². The van der Waals surface area contributed by atoms with Crippen LogP contribution >= 0.6 is 27.5 Å². The fourth-order valence-electron chi connectivity index (χ4n) is 2.55. The highest BCUT2D eigenvalue weighted by Crippen LogP contribution is 2.32. The lowest BCUT2D eigenvalue weighted by molar-refractivity contribution is 0.474. The second-order valence-corrected chi connectivity index (χ2v) is 7.08. The van der Waals surface area contributed by atoms with Crippen molar-refractivity contribution in [3.8, 4) is 17.2 Å². The predicted molar refractivity (Wildman–Crippen MR) is 107 cm³/mol. The summed E-state index contributed by atoms with van der Waals surface area (Å²) in [6, 6.07) is 14.4. The Hall–Kier alpha value is -2.70. The van der Waals surface area contributed by atoms with E-state index in [1.54, 1.807) is 42.6 Å². The normalized spacial score (nSPS) is 11.5. The van der Waals surface area contributed by atoms with E-state index >= 15 is 0 Å². The summed E-state index contributed by atoms with van der Waals surface area (Å²) in [6.45, 7) is 0. The Kier molecular flexibility index (Phi) is 4.68. The molecule has 0 aliphatic carbocycles. The van der Waals surface area contributed by atoms with Crippen LogP contribution in [0.15, 0.2) is 68.5 Å². The number of phenolic OH excluding ortho intramolecular Hbond substituents is 1. The van der Waals surface area contributed by atoms with Crippen molar-refractivity contribution < 1.29 is 13.9 Å². The lowest BCUT2D eigenvalue weighted by Gasteiger charge is -1.99. The van der Waals surface area contributed by atoms with Gasteiger partial charge in [-0.2, -0.15) is 0 Å². The van der Waals surface area contributed by atoms with Gasteiger partial charge in [-0.1, -0.05) is 27.5 Å². The van der Waals surface area contributed by atoms with Crippen molar-refractivity contribution in [3.05, 3.63) is 75.5 Å².